The van der Waals surface area contributed by atoms with Crippen LogP contribution in [0.2, 0.25) is 0 Å². The zero-order chi connectivity index (χ0) is 20.5. The third kappa shape index (κ3) is 3.54. The maximum atomic E-state index is 13.2. The molecule has 4 rings (SSSR count). The summed E-state index contributed by atoms with van der Waals surface area (Å²) in [5, 5.41) is 7.27. The number of aryl methyl sites for hydroxylation is 1. The number of halogens is 1. The normalized spacial score (nSPS) is 13.5. The molecule has 0 saturated carbocycles. The molecule has 0 radical (unpaired) electrons. The van der Waals surface area contributed by atoms with Crippen molar-refractivity contribution in [3.05, 3.63) is 77.4 Å². The Kier molecular flexibility index (Phi) is 4.72. The first-order valence-corrected chi connectivity index (χ1v) is 9.14. The highest BCUT2D eigenvalue weighted by Gasteiger charge is 2.25. The fraction of sp³-hybridized carbons (Fsp3) is 0.136. The van der Waals surface area contributed by atoms with Gasteiger partial charge in [-0.1, -0.05) is 12.1 Å². The lowest BCUT2D eigenvalue weighted by atomic mass is 10.1. The van der Waals surface area contributed by atoms with Crippen molar-refractivity contribution in [3.8, 4) is 5.69 Å². The topological polar surface area (TPSA) is 67.2 Å². The Labute approximate surface area is 167 Å². The highest BCUT2D eigenvalue weighted by molar-refractivity contribution is 6.13. The van der Waals surface area contributed by atoms with Crippen molar-refractivity contribution in [3.63, 3.8) is 0 Å². The highest BCUT2D eigenvalue weighted by atomic mass is 19.1. The van der Waals surface area contributed by atoms with Gasteiger partial charge in [0.25, 0.3) is 5.91 Å². The second kappa shape index (κ2) is 7.35. The number of rotatable bonds is 3. The van der Waals surface area contributed by atoms with Gasteiger partial charge in [0.15, 0.2) is 0 Å². The number of anilines is 2. The molecule has 0 aliphatic carbocycles. The van der Waals surface area contributed by atoms with E-state index in [0.29, 0.717) is 11.4 Å². The van der Waals surface area contributed by atoms with Gasteiger partial charge in [-0.25, -0.2) is 9.07 Å². The van der Waals surface area contributed by atoms with E-state index in [1.165, 1.54) is 23.1 Å². The number of hydrogen-bond acceptors (Lipinski definition) is 3. The summed E-state index contributed by atoms with van der Waals surface area (Å²) < 4.78 is 14.9. The number of aromatic nitrogens is 2. The van der Waals surface area contributed by atoms with E-state index in [1.54, 1.807) is 41.1 Å². The summed E-state index contributed by atoms with van der Waals surface area (Å²) in [5.41, 5.74) is 4.39. The number of carbonyl (C=O) groups excluding carboxylic acids is 2. The van der Waals surface area contributed by atoms with Gasteiger partial charge in [-0.05, 0) is 56.3 Å². The molecule has 7 heteroatoms. The van der Waals surface area contributed by atoms with Gasteiger partial charge in [0, 0.05) is 17.3 Å². The van der Waals surface area contributed by atoms with E-state index in [1.807, 2.05) is 19.9 Å². The Bertz CT molecular complexity index is 1130. The average molecular weight is 390 g/mol. The molecule has 0 unspecified atom stereocenters. The van der Waals surface area contributed by atoms with Gasteiger partial charge in [-0.15, -0.1) is 0 Å². The second-order valence-corrected chi connectivity index (χ2v) is 6.80. The summed E-state index contributed by atoms with van der Waals surface area (Å²) in [4.78, 5) is 26.2. The minimum atomic E-state index is -0.313. The van der Waals surface area contributed by atoms with Gasteiger partial charge < -0.3 is 5.32 Å². The first-order chi connectivity index (χ1) is 13.9. The van der Waals surface area contributed by atoms with Crippen LogP contribution in [0.25, 0.3) is 11.8 Å². The summed E-state index contributed by atoms with van der Waals surface area (Å²) >= 11 is 0. The van der Waals surface area contributed by atoms with E-state index < -0.39 is 0 Å². The molecule has 0 bridgehead atoms. The van der Waals surface area contributed by atoms with E-state index in [9.17, 15) is 14.0 Å². The molecule has 6 nitrogen and oxygen atoms in total. The number of fused-ring (bicyclic) bond motifs is 1. The molecule has 0 fully saturated rings. The molecule has 29 heavy (non-hydrogen) atoms. The second-order valence-electron chi connectivity index (χ2n) is 6.80. The Morgan fingerprint density at radius 2 is 1.86 bits per heavy atom. The van der Waals surface area contributed by atoms with E-state index >= 15 is 0 Å². The minimum Gasteiger partial charge on any atom is -0.323 e. The molecule has 1 aliphatic rings. The molecular weight excluding hydrogens is 371 g/mol. The van der Waals surface area contributed by atoms with Crippen LogP contribution in [0.3, 0.4) is 0 Å². The molecule has 0 atom stereocenters. The van der Waals surface area contributed by atoms with Gasteiger partial charge in [0.05, 0.1) is 22.8 Å². The van der Waals surface area contributed by atoms with Crippen molar-refractivity contribution in [2.24, 2.45) is 0 Å². The van der Waals surface area contributed by atoms with Crippen LogP contribution in [0, 0.1) is 19.7 Å². The van der Waals surface area contributed by atoms with Crippen LogP contribution in [0.4, 0.5) is 15.8 Å². The number of nitrogens with zero attached hydrogens (tertiary/aromatic N) is 3. The number of amides is 2. The summed E-state index contributed by atoms with van der Waals surface area (Å²) in [6.45, 7) is 3.70. The van der Waals surface area contributed by atoms with E-state index in [2.05, 4.69) is 10.4 Å². The van der Waals surface area contributed by atoms with Gasteiger partial charge in [-0.2, -0.15) is 5.10 Å². The van der Waals surface area contributed by atoms with Crippen molar-refractivity contribution in [2.75, 3.05) is 16.8 Å². The number of para-hydroxylation sites is 2. The first kappa shape index (κ1) is 18.6. The molecule has 0 saturated heterocycles. The Balaban J connectivity index is 1.62. The van der Waals surface area contributed by atoms with Gasteiger partial charge in [0.2, 0.25) is 5.91 Å². The third-order valence-electron chi connectivity index (χ3n) is 4.85. The molecule has 146 valence electrons. The van der Waals surface area contributed by atoms with E-state index in [-0.39, 0.29) is 24.2 Å². The summed E-state index contributed by atoms with van der Waals surface area (Å²) in [6.07, 6.45) is 3.15. The summed E-state index contributed by atoms with van der Waals surface area (Å²) in [5.74, 6) is -0.839. The maximum Gasteiger partial charge on any atom is 0.251 e. The molecule has 1 N–H and O–H groups in total. The zero-order valence-electron chi connectivity index (χ0n) is 16.0. The van der Waals surface area contributed by atoms with Crippen LogP contribution in [0.5, 0.6) is 0 Å². The lowest BCUT2D eigenvalue weighted by Gasteiger charge is -2.28. The third-order valence-corrected chi connectivity index (χ3v) is 4.85. The number of benzene rings is 2. The van der Waals surface area contributed by atoms with Crippen LogP contribution >= 0.6 is 0 Å². The molecule has 2 amide bonds. The van der Waals surface area contributed by atoms with E-state index in [4.69, 9.17) is 0 Å². The quantitative estimate of drug-likeness (QED) is 0.695. The Hall–Kier alpha value is -3.74. The molecule has 2 aromatic carbocycles. The van der Waals surface area contributed by atoms with Crippen molar-refractivity contribution in [1.82, 2.24) is 9.78 Å². The lowest BCUT2D eigenvalue weighted by molar-refractivity contribution is -0.119. The van der Waals surface area contributed by atoms with Gasteiger partial charge >= 0.3 is 0 Å². The predicted molar refractivity (Wildman–Crippen MR) is 109 cm³/mol. The van der Waals surface area contributed by atoms with Crippen LogP contribution < -0.4 is 10.2 Å². The fourth-order valence-corrected chi connectivity index (χ4v) is 3.40. The molecule has 0 spiro atoms. The van der Waals surface area contributed by atoms with Gasteiger partial charge in [-0.3, -0.25) is 14.5 Å². The highest BCUT2D eigenvalue weighted by Crippen LogP contribution is 2.29. The number of carbonyl (C=O) groups is 2. The molecule has 3 aromatic rings. The number of nitrogens with one attached hydrogen (secondary N) is 1. The van der Waals surface area contributed by atoms with Crippen LogP contribution in [0.15, 0.2) is 54.6 Å². The van der Waals surface area contributed by atoms with Crippen LogP contribution in [-0.2, 0) is 9.59 Å². The lowest BCUT2D eigenvalue weighted by Crippen LogP contribution is -2.41. The minimum absolute atomic E-state index is 0.0347. The van der Waals surface area contributed by atoms with E-state index in [0.717, 1.165) is 22.6 Å². The van der Waals surface area contributed by atoms with Crippen molar-refractivity contribution < 1.29 is 14.0 Å². The standard InChI is InChI=1S/C22H19FN4O2/c1-14-18(15(2)27(25-14)17-9-7-16(23)8-10-17)11-12-22(29)26-13-21(28)24-19-5-3-4-6-20(19)26/h3-12H,13H2,1-2H3,(H,24,28). The molecule has 2 heterocycles. The molecular formula is C22H19FN4O2. The fourth-order valence-electron chi connectivity index (χ4n) is 3.40. The Morgan fingerprint density at radius 1 is 1.14 bits per heavy atom. The monoisotopic (exact) mass is 390 g/mol. The summed E-state index contributed by atoms with van der Waals surface area (Å²) in [6, 6.07) is 13.2. The number of hydrogen-bond donors (Lipinski definition) is 1. The van der Waals surface area contributed by atoms with Crippen molar-refractivity contribution >= 4 is 29.3 Å². The van der Waals surface area contributed by atoms with Crippen LogP contribution in [0.1, 0.15) is 17.0 Å². The predicted octanol–water partition coefficient (Wildman–Crippen LogP) is 3.63. The van der Waals surface area contributed by atoms with Gasteiger partial charge in [0.1, 0.15) is 12.4 Å². The maximum absolute atomic E-state index is 13.2. The van der Waals surface area contributed by atoms with Crippen molar-refractivity contribution in [1.29, 1.82) is 0 Å². The molecule has 1 aromatic heterocycles. The smallest absolute Gasteiger partial charge is 0.251 e. The summed E-state index contributed by atoms with van der Waals surface area (Å²) in [7, 11) is 0. The first-order valence-electron chi connectivity index (χ1n) is 9.14. The van der Waals surface area contributed by atoms with Crippen LogP contribution in [-0.4, -0.2) is 28.1 Å². The zero-order valence-corrected chi connectivity index (χ0v) is 16.0. The Morgan fingerprint density at radius 3 is 2.62 bits per heavy atom. The average Bonchev–Trinajstić information content (AvgIpc) is 2.99. The van der Waals surface area contributed by atoms with Crippen molar-refractivity contribution in [2.45, 2.75) is 13.8 Å². The molecule has 1 aliphatic heterocycles. The largest absolute Gasteiger partial charge is 0.323 e. The SMILES string of the molecule is Cc1nn(-c2ccc(F)cc2)c(C)c1C=CC(=O)N1CC(=O)Nc2ccccc21.